The molecule has 8 heteroatoms. The summed E-state index contributed by atoms with van der Waals surface area (Å²) in [4.78, 5) is 50.2. The predicted molar refractivity (Wildman–Crippen MR) is 159 cm³/mol. The van der Waals surface area contributed by atoms with Crippen LogP contribution in [0.25, 0.3) is 0 Å². The number of rotatable bonds is 28. The molecule has 1 aliphatic heterocycles. The first-order valence-electron chi connectivity index (χ1n) is 16.4. The van der Waals surface area contributed by atoms with Gasteiger partial charge in [0, 0.05) is 32.2 Å². The number of ether oxygens (including phenoxy) is 1. The molecule has 1 fully saturated rings. The van der Waals surface area contributed by atoms with E-state index in [0.717, 1.165) is 103 Å². The van der Waals surface area contributed by atoms with Crippen LogP contribution in [0.3, 0.4) is 0 Å². The number of aliphatic carboxylic acids is 1. The number of nitrogens with zero attached hydrogens (tertiary/aromatic N) is 2. The fraction of sp³-hybridized carbons (Fsp3) is 0.875. The van der Waals surface area contributed by atoms with Crippen molar-refractivity contribution in [1.82, 2.24) is 9.80 Å². The molecule has 2 amide bonds. The Labute approximate surface area is 243 Å². The number of carboxylic acid groups (broad SMARTS) is 1. The SMILES string of the molecule is CCCCCCCCCOC(=O)CCCCCCCN(CCCCCCCC(=O)O)CCCN1C(=O)CCC1=O. The first kappa shape index (κ1) is 36.1. The molecule has 8 nitrogen and oxygen atoms in total. The molecule has 1 saturated heterocycles. The van der Waals surface area contributed by atoms with Crippen LogP contribution in [0.4, 0.5) is 0 Å². The third-order valence-electron chi connectivity index (χ3n) is 7.74. The molecule has 0 spiro atoms. The number of carbonyl (C=O) groups is 4. The second-order valence-electron chi connectivity index (χ2n) is 11.4. The molecule has 0 aromatic heterocycles. The summed E-state index contributed by atoms with van der Waals surface area (Å²) >= 11 is 0. The summed E-state index contributed by atoms with van der Waals surface area (Å²) in [6, 6.07) is 0. The zero-order chi connectivity index (χ0) is 29.3. The number of amides is 2. The van der Waals surface area contributed by atoms with Crippen molar-refractivity contribution in [1.29, 1.82) is 0 Å². The van der Waals surface area contributed by atoms with Crippen LogP contribution in [0, 0.1) is 0 Å². The molecule has 0 bridgehead atoms. The van der Waals surface area contributed by atoms with E-state index in [1.54, 1.807) is 0 Å². The van der Waals surface area contributed by atoms with Gasteiger partial charge in [-0.05, 0) is 58.2 Å². The third-order valence-corrected chi connectivity index (χ3v) is 7.74. The van der Waals surface area contributed by atoms with E-state index in [4.69, 9.17) is 9.84 Å². The second-order valence-corrected chi connectivity index (χ2v) is 11.4. The molecule has 0 radical (unpaired) electrons. The molecule has 1 rings (SSSR count). The van der Waals surface area contributed by atoms with Crippen molar-refractivity contribution in [2.75, 3.05) is 32.8 Å². The molecule has 0 saturated carbocycles. The van der Waals surface area contributed by atoms with Crippen LogP contribution >= 0.6 is 0 Å². The zero-order valence-electron chi connectivity index (χ0n) is 25.5. The van der Waals surface area contributed by atoms with Crippen LogP contribution in [-0.4, -0.2) is 71.4 Å². The Morgan fingerprint density at radius 2 is 1.15 bits per heavy atom. The summed E-state index contributed by atoms with van der Waals surface area (Å²) in [7, 11) is 0. The van der Waals surface area contributed by atoms with E-state index in [1.807, 2.05) is 0 Å². The van der Waals surface area contributed by atoms with E-state index >= 15 is 0 Å². The minimum atomic E-state index is -0.722. The van der Waals surface area contributed by atoms with Gasteiger partial charge >= 0.3 is 11.9 Å². The van der Waals surface area contributed by atoms with Crippen LogP contribution < -0.4 is 0 Å². The van der Waals surface area contributed by atoms with Gasteiger partial charge in [0.25, 0.3) is 0 Å². The van der Waals surface area contributed by atoms with E-state index in [0.29, 0.717) is 32.4 Å². The van der Waals surface area contributed by atoms with Gasteiger partial charge in [-0.2, -0.15) is 0 Å². The Kier molecular flexibility index (Phi) is 22.4. The second kappa shape index (κ2) is 24.8. The van der Waals surface area contributed by atoms with E-state index in [9.17, 15) is 19.2 Å². The molecular formula is C32H58N2O6. The van der Waals surface area contributed by atoms with Crippen molar-refractivity contribution in [2.45, 2.75) is 148 Å². The molecule has 232 valence electrons. The topological polar surface area (TPSA) is 104 Å². The number of esters is 1. The number of hydrogen-bond acceptors (Lipinski definition) is 6. The molecule has 0 atom stereocenters. The highest BCUT2D eigenvalue weighted by Crippen LogP contribution is 2.14. The molecule has 1 N–H and O–H groups in total. The Bertz CT molecular complexity index is 683. The molecule has 0 aromatic rings. The summed E-state index contributed by atoms with van der Waals surface area (Å²) in [5.74, 6) is -0.867. The molecule has 40 heavy (non-hydrogen) atoms. The minimum absolute atomic E-state index is 0.0420. The fourth-order valence-electron chi connectivity index (χ4n) is 5.25. The molecule has 0 aliphatic carbocycles. The Morgan fingerprint density at radius 3 is 1.73 bits per heavy atom. The monoisotopic (exact) mass is 566 g/mol. The number of unbranched alkanes of at least 4 members (excludes halogenated alkanes) is 14. The third kappa shape index (κ3) is 20.0. The summed E-state index contributed by atoms with van der Waals surface area (Å²) in [6.45, 7) is 6.17. The van der Waals surface area contributed by atoms with Gasteiger partial charge in [0.1, 0.15) is 0 Å². The fourth-order valence-corrected chi connectivity index (χ4v) is 5.25. The smallest absolute Gasteiger partial charge is 0.305 e. The largest absolute Gasteiger partial charge is 0.481 e. The van der Waals surface area contributed by atoms with Crippen LogP contribution in [0.15, 0.2) is 0 Å². The highest BCUT2D eigenvalue weighted by Gasteiger charge is 2.28. The maximum atomic E-state index is 11.9. The van der Waals surface area contributed by atoms with Crippen LogP contribution in [0.5, 0.6) is 0 Å². The quantitative estimate of drug-likeness (QED) is 0.0625. The zero-order valence-corrected chi connectivity index (χ0v) is 25.5. The maximum absolute atomic E-state index is 11.9. The van der Waals surface area contributed by atoms with Gasteiger partial charge in [-0.25, -0.2) is 0 Å². The molecule has 0 unspecified atom stereocenters. The van der Waals surface area contributed by atoms with E-state index in [2.05, 4.69) is 11.8 Å². The lowest BCUT2D eigenvalue weighted by Crippen LogP contribution is -2.34. The number of carbonyl (C=O) groups excluding carboxylic acids is 3. The van der Waals surface area contributed by atoms with Crippen molar-refractivity contribution in [3.63, 3.8) is 0 Å². The minimum Gasteiger partial charge on any atom is -0.481 e. The van der Waals surface area contributed by atoms with Crippen LogP contribution in [-0.2, 0) is 23.9 Å². The van der Waals surface area contributed by atoms with Crippen molar-refractivity contribution in [3.05, 3.63) is 0 Å². The average molecular weight is 567 g/mol. The molecular weight excluding hydrogens is 508 g/mol. The number of imide groups is 1. The average Bonchev–Trinajstić information content (AvgIpc) is 3.25. The van der Waals surface area contributed by atoms with Crippen LogP contribution in [0.1, 0.15) is 148 Å². The molecule has 0 aromatic carbocycles. The van der Waals surface area contributed by atoms with Gasteiger partial charge in [0.05, 0.1) is 6.61 Å². The van der Waals surface area contributed by atoms with Crippen molar-refractivity contribution in [3.8, 4) is 0 Å². The summed E-state index contributed by atoms with van der Waals surface area (Å²) in [5, 5.41) is 8.76. The Hall–Kier alpha value is -1.96. The highest BCUT2D eigenvalue weighted by molar-refractivity contribution is 6.01. The lowest BCUT2D eigenvalue weighted by atomic mass is 10.1. The van der Waals surface area contributed by atoms with Gasteiger partial charge in [-0.1, -0.05) is 84.0 Å². The lowest BCUT2D eigenvalue weighted by molar-refractivity contribution is -0.144. The Balaban J connectivity index is 2.14. The van der Waals surface area contributed by atoms with E-state index in [-0.39, 0.29) is 24.2 Å². The van der Waals surface area contributed by atoms with Crippen LogP contribution in [0.2, 0.25) is 0 Å². The predicted octanol–water partition coefficient (Wildman–Crippen LogP) is 6.89. The van der Waals surface area contributed by atoms with Gasteiger partial charge in [-0.3, -0.25) is 24.1 Å². The first-order chi connectivity index (χ1) is 19.4. The number of carboxylic acids is 1. The Morgan fingerprint density at radius 1 is 0.675 bits per heavy atom. The van der Waals surface area contributed by atoms with E-state index in [1.165, 1.54) is 37.0 Å². The molecule has 1 heterocycles. The summed E-state index contributed by atoms with van der Waals surface area (Å²) in [5.41, 5.74) is 0. The van der Waals surface area contributed by atoms with Gasteiger partial charge < -0.3 is 14.7 Å². The summed E-state index contributed by atoms with van der Waals surface area (Å²) < 4.78 is 5.38. The number of hydrogen-bond donors (Lipinski definition) is 1. The standard InChI is InChI=1S/C32H58N2O6/c1-2-3-4-5-6-13-18-28-40-32(39)21-15-10-8-12-17-25-33(24-16-11-7-9-14-20-31(37)38)26-19-27-34-29(35)22-23-30(34)36/h2-28H2,1H3,(H,37,38). The lowest BCUT2D eigenvalue weighted by Gasteiger charge is -2.23. The van der Waals surface area contributed by atoms with Gasteiger partial charge in [-0.15, -0.1) is 0 Å². The van der Waals surface area contributed by atoms with Crippen molar-refractivity contribution in [2.24, 2.45) is 0 Å². The van der Waals surface area contributed by atoms with Gasteiger partial charge in [0.15, 0.2) is 0 Å². The molecule has 1 aliphatic rings. The van der Waals surface area contributed by atoms with Crippen molar-refractivity contribution >= 4 is 23.8 Å². The number of likely N-dealkylation sites (tertiary alicyclic amines) is 1. The van der Waals surface area contributed by atoms with E-state index < -0.39 is 5.97 Å². The highest BCUT2D eigenvalue weighted by atomic mass is 16.5. The summed E-state index contributed by atoms with van der Waals surface area (Å²) in [6.07, 6.45) is 21.0. The first-order valence-corrected chi connectivity index (χ1v) is 16.4. The maximum Gasteiger partial charge on any atom is 0.305 e. The van der Waals surface area contributed by atoms with Crippen molar-refractivity contribution < 1.29 is 29.0 Å². The normalized spacial score (nSPS) is 13.5. The van der Waals surface area contributed by atoms with Gasteiger partial charge in [0.2, 0.25) is 11.8 Å².